The lowest BCUT2D eigenvalue weighted by Crippen LogP contribution is -2.32. The molecule has 6 rings (SSSR count). The van der Waals surface area contributed by atoms with E-state index in [2.05, 4.69) is 17.1 Å². The molecule has 0 radical (unpaired) electrons. The van der Waals surface area contributed by atoms with Gasteiger partial charge in [0.15, 0.2) is 5.58 Å². The lowest BCUT2D eigenvalue weighted by atomic mass is 9.85. The number of imide groups is 1. The standard InChI is InChI=1S/C22H16N2O3/c25-21-18-13-5-6-14(11-13)19(18)22(26)24(21)15-9-7-12(8-10-15)20-23-16-3-1-2-4-17(16)27-20/h1-10,13-14,18-19H,11H2/t13-,14-,18+,19+/m0/s1. The summed E-state index contributed by atoms with van der Waals surface area (Å²) in [5.74, 6) is 0.503. The molecule has 3 aliphatic rings. The van der Waals surface area contributed by atoms with Crippen molar-refractivity contribution in [3.63, 3.8) is 0 Å². The maximum atomic E-state index is 12.9. The van der Waals surface area contributed by atoms with E-state index >= 15 is 0 Å². The average Bonchev–Trinajstić information content (AvgIpc) is 3.45. The number of carbonyl (C=O) groups excluding carboxylic acids is 2. The van der Waals surface area contributed by atoms with Crippen molar-refractivity contribution >= 4 is 28.6 Å². The van der Waals surface area contributed by atoms with Crippen LogP contribution in [0.2, 0.25) is 0 Å². The summed E-state index contributed by atoms with van der Waals surface area (Å²) in [5, 5.41) is 0. The summed E-state index contributed by atoms with van der Waals surface area (Å²) in [5.41, 5.74) is 2.98. The van der Waals surface area contributed by atoms with Crippen molar-refractivity contribution in [2.24, 2.45) is 23.7 Å². The number of hydrogen-bond acceptors (Lipinski definition) is 4. The second-order valence-electron chi connectivity index (χ2n) is 7.55. The zero-order valence-corrected chi connectivity index (χ0v) is 14.4. The highest BCUT2D eigenvalue weighted by molar-refractivity contribution is 6.22. The molecule has 0 unspecified atom stereocenters. The summed E-state index contributed by atoms with van der Waals surface area (Å²) in [6, 6.07) is 14.9. The lowest BCUT2D eigenvalue weighted by molar-refractivity contribution is -0.123. The third kappa shape index (κ3) is 1.97. The average molecular weight is 356 g/mol. The van der Waals surface area contributed by atoms with Crippen LogP contribution in [0.3, 0.4) is 0 Å². The van der Waals surface area contributed by atoms with Gasteiger partial charge in [-0.1, -0.05) is 24.3 Å². The normalized spacial score (nSPS) is 28.5. The number of benzene rings is 2. The monoisotopic (exact) mass is 356 g/mol. The first-order chi connectivity index (χ1) is 13.2. The molecule has 132 valence electrons. The van der Waals surface area contributed by atoms with Crippen molar-refractivity contribution in [2.75, 3.05) is 4.90 Å². The fourth-order valence-electron chi connectivity index (χ4n) is 4.91. The third-order valence-corrected chi connectivity index (χ3v) is 6.14. The highest BCUT2D eigenvalue weighted by Crippen LogP contribution is 2.53. The van der Waals surface area contributed by atoms with Crippen molar-refractivity contribution in [1.82, 2.24) is 4.98 Å². The Balaban J connectivity index is 1.33. The Morgan fingerprint density at radius 3 is 2.22 bits per heavy atom. The fourth-order valence-corrected chi connectivity index (χ4v) is 4.91. The summed E-state index contributed by atoms with van der Waals surface area (Å²) in [6.45, 7) is 0. The minimum atomic E-state index is -0.177. The molecule has 2 heterocycles. The first kappa shape index (κ1) is 14.9. The number of oxazole rings is 1. The van der Waals surface area contributed by atoms with Gasteiger partial charge in [-0.05, 0) is 54.7 Å². The molecule has 1 aliphatic heterocycles. The molecule has 4 atom stereocenters. The first-order valence-electron chi connectivity index (χ1n) is 9.23. The van der Waals surface area contributed by atoms with Gasteiger partial charge in [-0.3, -0.25) is 14.5 Å². The van der Waals surface area contributed by atoms with Crippen LogP contribution in [0, 0.1) is 23.7 Å². The minimum Gasteiger partial charge on any atom is -0.436 e. The van der Waals surface area contributed by atoms with Crippen LogP contribution in [0.1, 0.15) is 6.42 Å². The molecule has 0 N–H and O–H groups in total. The van der Waals surface area contributed by atoms with Gasteiger partial charge >= 0.3 is 0 Å². The predicted molar refractivity (Wildman–Crippen MR) is 99.7 cm³/mol. The Morgan fingerprint density at radius 1 is 0.889 bits per heavy atom. The molecule has 2 aliphatic carbocycles. The Hall–Kier alpha value is -3.21. The number of aromatic nitrogens is 1. The van der Waals surface area contributed by atoms with Gasteiger partial charge in [0.1, 0.15) is 5.52 Å². The van der Waals surface area contributed by atoms with Gasteiger partial charge in [0.05, 0.1) is 17.5 Å². The molecule has 1 saturated heterocycles. The number of para-hydroxylation sites is 2. The van der Waals surface area contributed by atoms with E-state index in [1.165, 1.54) is 4.90 Å². The van der Waals surface area contributed by atoms with Crippen LogP contribution in [-0.2, 0) is 9.59 Å². The van der Waals surface area contributed by atoms with Gasteiger partial charge in [0.25, 0.3) is 0 Å². The van der Waals surface area contributed by atoms with E-state index in [0.29, 0.717) is 11.6 Å². The number of carbonyl (C=O) groups is 2. The number of amides is 2. The molecular weight excluding hydrogens is 340 g/mol. The summed E-state index contributed by atoms with van der Waals surface area (Å²) in [6.07, 6.45) is 5.16. The smallest absolute Gasteiger partial charge is 0.238 e. The molecule has 1 saturated carbocycles. The number of anilines is 1. The Labute approximate surface area is 155 Å². The van der Waals surface area contributed by atoms with Gasteiger partial charge in [0.2, 0.25) is 17.7 Å². The summed E-state index contributed by atoms with van der Waals surface area (Å²) >= 11 is 0. The van der Waals surface area contributed by atoms with E-state index < -0.39 is 0 Å². The summed E-state index contributed by atoms with van der Waals surface area (Å²) in [7, 11) is 0. The molecular formula is C22H16N2O3. The summed E-state index contributed by atoms with van der Waals surface area (Å²) in [4.78, 5) is 31.7. The number of allylic oxidation sites excluding steroid dienone is 2. The zero-order valence-electron chi connectivity index (χ0n) is 14.4. The number of nitrogens with zero attached hydrogens (tertiary/aromatic N) is 2. The van der Waals surface area contributed by atoms with E-state index in [4.69, 9.17) is 4.42 Å². The molecule has 2 bridgehead atoms. The van der Waals surface area contributed by atoms with E-state index in [9.17, 15) is 9.59 Å². The molecule has 0 spiro atoms. The van der Waals surface area contributed by atoms with E-state index in [1.807, 2.05) is 36.4 Å². The maximum absolute atomic E-state index is 12.9. The van der Waals surface area contributed by atoms with Crippen LogP contribution >= 0.6 is 0 Å². The number of fused-ring (bicyclic) bond motifs is 6. The quantitative estimate of drug-likeness (QED) is 0.517. The summed E-state index contributed by atoms with van der Waals surface area (Å²) < 4.78 is 5.79. The lowest BCUT2D eigenvalue weighted by Gasteiger charge is -2.17. The van der Waals surface area contributed by atoms with Gasteiger partial charge in [-0.15, -0.1) is 0 Å². The van der Waals surface area contributed by atoms with Crippen molar-refractivity contribution in [2.45, 2.75) is 6.42 Å². The Kier molecular flexibility index (Phi) is 2.85. The van der Waals surface area contributed by atoms with Crippen molar-refractivity contribution in [1.29, 1.82) is 0 Å². The van der Waals surface area contributed by atoms with E-state index in [1.54, 1.807) is 12.1 Å². The van der Waals surface area contributed by atoms with E-state index in [-0.39, 0.29) is 35.5 Å². The molecule has 2 aromatic carbocycles. The second kappa shape index (κ2) is 5.16. The molecule has 1 aromatic heterocycles. The van der Waals surface area contributed by atoms with Crippen molar-refractivity contribution < 1.29 is 14.0 Å². The van der Waals surface area contributed by atoms with Gasteiger partial charge in [-0.2, -0.15) is 0 Å². The fraction of sp³-hybridized carbons (Fsp3) is 0.227. The highest BCUT2D eigenvalue weighted by atomic mass is 16.3. The zero-order chi connectivity index (χ0) is 18.1. The minimum absolute atomic E-state index is 0.0588. The number of rotatable bonds is 2. The Bertz CT molecular complexity index is 1060. The highest BCUT2D eigenvalue weighted by Gasteiger charge is 2.59. The molecule has 27 heavy (non-hydrogen) atoms. The third-order valence-electron chi connectivity index (χ3n) is 6.14. The maximum Gasteiger partial charge on any atom is 0.238 e. The molecule has 5 heteroatoms. The van der Waals surface area contributed by atoms with Gasteiger partial charge < -0.3 is 4.42 Å². The first-order valence-corrected chi connectivity index (χ1v) is 9.23. The topological polar surface area (TPSA) is 63.4 Å². The van der Waals surface area contributed by atoms with Crippen LogP contribution in [0.25, 0.3) is 22.6 Å². The van der Waals surface area contributed by atoms with Crippen LogP contribution in [0.5, 0.6) is 0 Å². The number of hydrogen-bond donors (Lipinski definition) is 0. The van der Waals surface area contributed by atoms with Crippen LogP contribution < -0.4 is 4.90 Å². The largest absolute Gasteiger partial charge is 0.436 e. The SMILES string of the molecule is O=C1[C@H]2[C@H](C(=O)N1c1ccc(-c3nc4ccccc4o3)cc1)[C@H]1C=C[C@H]2C1. The van der Waals surface area contributed by atoms with Crippen LogP contribution in [0.15, 0.2) is 65.1 Å². The Morgan fingerprint density at radius 2 is 1.56 bits per heavy atom. The van der Waals surface area contributed by atoms with E-state index in [0.717, 1.165) is 23.1 Å². The van der Waals surface area contributed by atoms with Gasteiger partial charge in [0, 0.05) is 5.56 Å². The van der Waals surface area contributed by atoms with Crippen LogP contribution in [-0.4, -0.2) is 16.8 Å². The van der Waals surface area contributed by atoms with Crippen molar-refractivity contribution in [3.05, 3.63) is 60.7 Å². The van der Waals surface area contributed by atoms with Gasteiger partial charge in [-0.25, -0.2) is 4.98 Å². The second-order valence-corrected chi connectivity index (χ2v) is 7.55. The molecule has 3 aromatic rings. The predicted octanol–water partition coefficient (Wildman–Crippen LogP) is 3.81. The molecule has 5 nitrogen and oxygen atoms in total. The van der Waals surface area contributed by atoms with Crippen molar-refractivity contribution in [3.8, 4) is 11.5 Å². The molecule has 2 amide bonds. The van der Waals surface area contributed by atoms with Crippen LogP contribution in [0.4, 0.5) is 5.69 Å². The molecule has 2 fully saturated rings.